The lowest BCUT2D eigenvalue weighted by Gasteiger charge is -2.16. The van der Waals surface area contributed by atoms with Gasteiger partial charge in [0.15, 0.2) is 0 Å². The lowest BCUT2D eigenvalue weighted by Crippen LogP contribution is -2.28. The van der Waals surface area contributed by atoms with Crippen LogP contribution in [-0.4, -0.2) is 36.9 Å². The van der Waals surface area contributed by atoms with E-state index in [4.69, 9.17) is 16.3 Å². The van der Waals surface area contributed by atoms with Crippen molar-refractivity contribution in [3.63, 3.8) is 0 Å². The van der Waals surface area contributed by atoms with Crippen LogP contribution in [-0.2, 0) is 4.79 Å². The van der Waals surface area contributed by atoms with Crippen LogP contribution in [0.2, 0.25) is 0 Å². The first-order valence-corrected chi connectivity index (χ1v) is 6.67. The van der Waals surface area contributed by atoms with Crippen LogP contribution in [0.3, 0.4) is 0 Å². The Morgan fingerprint density at radius 2 is 2.11 bits per heavy atom. The summed E-state index contributed by atoms with van der Waals surface area (Å²) in [7, 11) is 1.79. The summed E-state index contributed by atoms with van der Waals surface area (Å²) >= 11 is 5.53. The number of halogens is 1. The molecule has 0 saturated heterocycles. The van der Waals surface area contributed by atoms with E-state index >= 15 is 0 Å². The van der Waals surface area contributed by atoms with Crippen molar-refractivity contribution in [1.29, 1.82) is 0 Å². The van der Waals surface area contributed by atoms with Crippen LogP contribution in [0.4, 0.5) is 0 Å². The molecule has 0 N–H and O–H groups in total. The summed E-state index contributed by atoms with van der Waals surface area (Å²) in [6, 6.07) is 7.92. The molecule has 0 aromatic heterocycles. The number of hydrogen-bond acceptors (Lipinski definition) is 2. The third-order valence-electron chi connectivity index (χ3n) is 2.72. The smallest absolute Gasteiger partial charge is 0.223 e. The van der Waals surface area contributed by atoms with Gasteiger partial charge in [0.2, 0.25) is 5.91 Å². The molecule has 4 heteroatoms. The van der Waals surface area contributed by atoms with Crippen molar-refractivity contribution >= 4 is 17.5 Å². The molecule has 1 aromatic rings. The molecule has 0 fully saturated rings. The summed E-state index contributed by atoms with van der Waals surface area (Å²) < 4.78 is 5.66. The van der Waals surface area contributed by atoms with E-state index < -0.39 is 0 Å². The molecule has 0 unspecified atom stereocenters. The Kier molecular flexibility index (Phi) is 6.58. The maximum absolute atomic E-state index is 11.5. The first-order chi connectivity index (χ1) is 8.65. The van der Waals surface area contributed by atoms with Gasteiger partial charge < -0.3 is 9.64 Å². The highest BCUT2D eigenvalue weighted by Crippen LogP contribution is 2.16. The molecule has 0 atom stereocenters. The molecular weight excluding hydrogens is 250 g/mol. The van der Waals surface area contributed by atoms with E-state index in [1.807, 2.05) is 31.2 Å². The molecule has 0 aliphatic heterocycles. The van der Waals surface area contributed by atoms with Crippen molar-refractivity contribution < 1.29 is 9.53 Å². The fourth-order valence-corrected chi connectivity index (χ4v) is 1.76. The minimum Gasteiger partial charge on any atom is -0.493 e. The number of hydrogen-bond donors (Lipinski definition) is 0. The van der Waals surface area contributed by atoms with Crippen LogP contribution in [0.25, 0.3) is 0 Å². The molecule has 0 bridgehead atoms. The average Bonchev–Trinajstić information content (AvgIpc) is 2.36. The van der Waals surface area contributed by atoms with Gasteiger partial charge in [0.1, 0.15) is 5.75 Å². The number of aryl methyl sites for hydroxylation is 1. The van der Waals surface area contributed by atoms with E-state index in [9.17, 15) is 4.79 Å². The molecule has 0 heterocycles. The second kappa shape index (κ2) is 7.98. The van der Waals surface area contributed by atoms with Gasteiger partial charge in [-0.3, -0.25) is 4.79 Å². The zero-order valence-corrected chi connectivity index (χ0v) is 11.7. The predicted octanol–water partition coefficient (Wildman–Crippen LogP) is 2.85. The SMILES string of the molecule is Cc1ccccc1OCCCN(C)C(=O)CCCl. The average molecular weight is 270 g/mol. The van der Waals surface area contributed by atoms with E-state index in [0.29, 0.717) is 25.5 Å². The summed E-state index contributed by atoms with van der Waals surface area (Å²) in [6.45, 7) is 3.33. The summed E-state index contributed by atoms with van der Waals surface area (Å²) in [5.74, 6) is 1.37. The zero-order valence-electron chi connectivity index (χ0n) is 11.0. The number of para-hydroxylation sites is 1. The van der Waals surface area contributed by atoms with Crippen LogP contribution < -0.4 is 4.74 Å². The number of alkyl halides is 1. The molecule has 0 radical (unpaired) electrons. The van der Waals surface area contributed by atoms with Crippen molar-refractivity contribution in [1.82, 2.24) is 4.90 Å². The van der Waals surface area contributed by atoms with Crippen LogP contribution in [0.5, 0.6) is 5.75 Å². The second-order valence-corrected chi connectivity index (χ2v) is 4.60. The number of carbonyl (C=O) groups excluding carboxylic acids is 1. The number of carbonyl (C=O) groups is 1. The molecule has 0 spiro atoms. The van der Waals surface area contributed by atoms with Gasteiger partial charge in [-0.1, -0.05) is 18.2 Å². The standard InChI is InChI=1S/C14H20ClNO2/c1-12-6-3-4-7-13(12)18-11-5-10-16(2)14(17)8-9-15/h3-4,6-7H,5,8-11H2,1-2H3. The summed E-state index contributed by atoms with van der Waals surface area (Å²) in [5, 5.41) is 0. The fourth-order valence-electron chi connectivity index (χ4n) is 1.60. The molecule has 0 aliphatic rings. The van der Waals surface area contributed by atoms with Crippen molar-refractivity contribution in [2.45, 2.75) is 19.8 Å². The molecule has 1 amide bonds. The second-order valence-electron chi connectivity index (χ2n) is 4.22. The van der Waals surface area contributed by atoms with Crippen LogP contribution >= 0.6 is 11.6 Å². The Hall–Kier alpha value is -1.22. The molecule has 1 aromatic carbocycles. The van der Waals surface area contributed by atoms with Crippen molar-refractivity contribution in [3.8, 4) is 5.75 Å². The quantitative estimate of drug-likeness (QED) is 0.563. The summed E-state index contributed by atoms with van der Waals surface area (Å²) in [5.41, 5.74) is 1.13. The van der Waals surface area contributed by atoms with Crippen LogP contribution in [0.1, 0.15) is 18.4 Å². The largest absolute Gasteiger partial charge is 0.493 e. The Bertz CT molecular complexity index is 382. The normalized spacial score (nSPS) is 10.2. The Morgan fingerprint density at radius 1 is 1.39 bits per heavy atom. The van der Waals surface area contributed by atoms with Gasteiger partial charge in [-0.15, -0.1) is 11.6 Å². The number of ether oxygens (including phenoxy) is 1. The topological polar surface area (TPSA) is 29.5 Å². The number of rotatable bonds is 7. The molecule has 0 saturated carbocycles. The Morgan fingerprint density at radius 3 is 2.78 bits per heavy atom. The zero-order chi connectivity index (χ0) is 13.4. The van der Waals surface area contributed by atoms with E-state index in [2.05, 4.69) is 0 Å². The van der Waals surface area contributed by atoms with Crippen molar-refractivity contribution in [2.75, 3.05) is 26.1 Å². The van der Waals surface area contributed by atoms with E-state index in [0.717, 1.165) is 17.7 Å². The fraction of sp³-hybridized carbons (Fsp3) is 0.500. The molecule has 3 nitrogen and oxygen atoms in total. The third-order valence-corrected chi connectivity index (χ3v) is 2.91. The van der Waals surface area contributed by atoms with Crippen LogP contribution in [0, 0.1) is 6.92 Å². The van der Waals surface area contributed by atoms with Crippen molar-refractivity contribution in [2.24, 2.45) is 0 Å². The molecular formula is C14H20ClNO2. The highest BCUT2D eigenvalue weighted by Gasteiger charge is 2.07. The van der Waals surface area contributed by atoms with E-state index in [1.54, 1.807) is 11.9 Å². The lowest BCUT2D eigenvalue weighted by atomic mass is 10.2. The maximum atomic E-state index is 11.5. The summed E-state index contributed by atoms with van der Waals surface area (Å²) in [6.07, 6.45) is 1.22. The Balaban J connectivity index is 2.23. The highest BCUT2D eigenvalue weighted by molar-refractivity contribution is 6.18. The minimum absolute atomic E-state index is 0.0842. The van der Waals surface area contributed by atoms with Gasteiger partial charge >= 0.3 is 0 Å². The molecule has 18 heavy (non-hydrogen) atoms. The first kappa shape index (κ1) is 14.8. The van der Waals surface area contributed by atoms with Crippen molar-refractivity contribution in [3.05, 3.63) is 29.8 Å². The van der Waals surface area contributed by atoms with Gasteiger partial charge in [0.05, 0.1) is 6.61 Å². The molecule has 100 valence electrons. The number of nitrogens with zero attached hydrogens (tertiary/aromatic N) is 1. The monoisotopic (exact) mass is 269 g/mol. The van der Waals surface area contributed by atoms with Gasteiger partial charge in [-0.25, -0.2) is 0 Å². The predicted molar refractivity (Wildman–Crippen MR) is 74.3 cm³/mol. The van der Waals surface area contributed by atoms with E-state index in [-0.39, 0.29) is 5.91 Å². The highest BCUT2D eigenvalue weighted by atomic mass is 35.5. The molecule has 0 aliphatic carbocycles. The van der Waals surface area contributed by atoms with E-state index in [1.165, 1.54) is 0 Å². The minimum atomic E-state index is 0.0842. The maximum Gasteiger partial charge on any atom is 0.223 e. The van der Waals surface area contributed by atoms with Crippen LogP contribution in [0.15, 0.2) is 24.3 Å². The number of benzene rings is 1. The first-order valence-electron chi connectivity index (χ1n) is 6.13. The van der Waals surface area contributed by atoms with Gasteiger partial charge in [-0.2, -0.15) is 0 Å². The lowest BCUT2D eigenvalue weighted by molar-refractivity contribution is -0.129. The molecule has 1 rings (SSSR count). The Labute approximate surface area is 114 Å². The number of amides is 1. The van der Waals surface area contributed by atoms with Gasteiger partial charge in [0.25, 0.3) is 0 Å². The third kappa shape index (κ3) is 4.96. The summed E-state index contributed by atoms with van der Waals surface area (Å²) in [4.78, 5) is 13.2. The van der Waals surface area contributed by atoms with Gasteiger partial charge in [0, 0.05) is 25.9 Å². The van der Waals surface area contributed by atoms with Gasteiger partial charge in [-0.05, 0) is 25.0 Å².